The van der Waals surface area contributed by atoms with Crippen molar-refractivity contribution in [2.24, 2.45) is 0 Å². The average Bonchev–Trinajstić information content (AvgIpc) is 3.60. The standard InChI is InChI=1S/C38H43N3O9S/c1-8-13-46-35-23(4)36-38(49-20-48-36)32-26(35)16-28-33-31-24(14-22(3)34(45-7)37(31)47-19-44-6)15-27(40(33)5)29(17-39)41(28)30(32)18-50-51(42,43)25-11-9-21(2)10-12-25/h8-12,14,27-30,33H,1,13,15-16,18-20H2,2-7H3/t27-,28-,29-,30-,33-/m0/s1. The third-order valence-corrected chi connectivity index (χ3v) is 11.9. The van der Waals surface area contributed by atoms with Gasteiger partial charge in [0.25, 0.3) is 10.1 Å². The van der Waals surface area contributed by atoms with Crippen molar-refractivity contribution in [3.05, 3.63) is 81.9 Å². The predicted octanol–water partition coefficient (Wildman–Crippen LogP) is 5.07. The molecule has 5 atom stereocenters. The number of nitriles is 1. The fourth-order valence-electron chi connectivity index (χ4n) is 8.49. The summed E-state index contributed by atoms with van der Waals surface area (Å²) in [5.74, 6) is 2.86. The van der Waals surface area contributed by atoms with Crippen LogP contribution in [-0.2, 0) is 31.9 Å². The number of likely N-dealkylation sites (N-methyl/N-ethyl adjacent to an activating group) is 1. The minimum absolute atomic E-state index is 0.00538. The van der Waals surface area contributed by atoms with Crippen LogP contribution >= 0.6 is 0 Å². The number of methoxy groups -OCH3 is 2. The molecule has 3 aromatic carbocycles. The molecule has 13 heteroatoms. The van der Waals surface area contributed by atoms with E-state index in [-0.39, 0.29) is 49.8 Å². The highest BCUT2D eigenvalue weighted by molar-refractivity contribution is 7.86. The zero-order chi connectivity index (χ0) is 36.2. The normalized spacial score (nSPS) is 23.4. The smallest absolute Gasteiger partial charge is 0.297 e. The molecule has 270 valence electrons. The summed E-state index contributed by atoms with van der Waals surface area (Å²) in [6, 6.07) is 9.00. The number of hydrogen-bond acceptors (Lipinski definition) is 12. The quantitative estimate of drug-likeness (QED) is 0.149. The molecule has 4 aliphatic heterocycles. The number of benzene rings is 3. The maximum absolute atomic E-state index is 13.7. The molecule has 4 aliphatic rings. The first-order valence-corrected chi connectivity index (χ1v) is 18.3. The van der Waals surface area contributed by atoms with Gasteiger partial charge in [0.2, 0.25) is 6.79 Å². The molecule has 1 fully saturated rings. The van der Waals surface area contributed by atoms with E-state index in [4.69, 9.17) is 32.6 Å². The van der Waals surface area contributed by atoms with Crippen molar-refractivity contribution in [2.45, 2.75) is 68.7 Å². The highest BCUT2D eigenvalue weighted by Gasteiger charge is 2.57. The Morgan fingerprint density at radius 1 is 1.00 bits per heavy atom. The molecule has 12 nitrogen and oxygen atoms in total. The zero-order valence-electron chi connectivity index (χ0n) is 29.7. The molecule has 7 rings (SSSR count). The lowest BCUT2D eigenvalue weighted by Gasteiger charge is -2.60. The minimum atomic E-state index is -4.18. The van der Waals surface area contributed by atoms with Crippen LogP contribution in [0, 0.1) is 32.1 Å². The second-order valence-corrected chi connectivity index (χ2v) is 15.0. The van der Waals surface area contributed by atoms with Crippen LogP contribution < -0.4 is 23.7 Å². The Balaban J connectivity index is 1.45. The number of ether oxygens (including phenoxy) is 6. The van der Waals surface area contributed by atoms with Gasteiger partial charge in [0, 0.05) is 41.4 Å². The Hall–Kier alpha value is -4.32. The van der Waals surface area contributed by atoms with Crippen molar-refractivity contribution in [2.75, 3.05) is 48.1 Å². The van der Waals surface area contributed by atoms with Gasteiger partial charge in [-0.15, -0.1) is 0 Å². The SMILES string of the molecule is C=CCOc1c(C)c2c(c3c1C[C@H]1[C@H]4c5c(cc(C)c(OC)c5OCOC)C[C@@H]([C@H](C#N)N1[C@H]3COS(=O)(=O)c1ccc(C)cc1)N4C)OCO2. The molecule has 0 N–H and O–H groups in total. The van der Waals surface area contributed by atoms with Gasteiger partial charge >= 0.3 is 0 Å². The van der Waals surface area contributed by atoms with Gasteiger partial charge in [0.05, 0.1) is 36.8 Å². The van der Waals surface area contributed by atoms with E-state index >= 15 is 0 Å². The number of piperazine rings is 1. The van der Waals surface area contributed by atoms with E-state index in [0.717, 1.165) is 33.4 Å². The average molecular weight is 718 g/mol. The Bertz CT molecular complexity index is 2010. The van der Waals surface area contributed by atoms with Crippen LogP contribution in [0.1, 0.15) is 51.0 Å². The van der Waals surface area contributed by atoms with Crippen LogP contribution in [0.3, 0.4) is 0 Å². The lowest BCUT2D eigenvalue weighted by molar-refractivity contribution is -0.0809. The van der Waals surface area contributed by atoms with Gasteiger partial charge in [-0.05, 0) is 63.9 Å². The lowest BCUT2D eigenvalue weighted by Crippen LogP contribution is -2.68. The summed E-state index contributed by atoms with van der Waals surface area (Å²) < 4.78 is 69.5. The van der Waals surface area contributed by atoms with Gasteiger partial charge in [-0.25, -0.2) is 0 Å². The monoisotopic (exact) mass is 717 g/mol. The van der Waals surface area contributed by atoms with E-state index in [2.05, 4.69) is 28.5 Å². The molecule has 2 bridgehead atoms. The van der Waals surface area contributed by atoms with Gasteiger partial charge in [-0.3, -0.25) is 14.0 Å². The van der Waals surface area contributed by atoms with Gasteiger partial charge in [0.1, 0.15) is 18.4 Å². The Kier molecular flexibility index (Phi) is 9.41. The van der Waals surface area contributed by atoms with Gasteiger partial charge in [0.15, 0.2) is 29.8 Å². The summed E-state index contributed by atoms with van der Waals surface area (Å²) in [6.07, 6.45) is 2.68. The summed E-state index contributed by atoms with van der Waals surface area (Å²) in [5.41, 5.74) is 6.17. The molecule has 0 aliphatic carbocycles. The highest BCUT2D eigenvalue weighted by Crippen LogP contribution is 2.58. The van der Waals surface area contributed by atoms with Crippen LogP contribution in [0.25, 0.3) is 0 Å². The first-order chi connectivity index (χ1) is 24.6. The van der Waals surface area contributed by atoms with Gasteiger partial charge in [-0.1, -0.05) is 36.4 Å². The van der Waals surface area contributed by atoms with E-state index in [1.54, 1.807) is 32.4 Å². The topological polar surface area (TPSA) is 129 Å². The molecule has 51 heavy (non-hydrogen) atoms. The Morgan fingerprint density at radius 2 is 1.75 bits per heavy atom. The number of nitrogens with zero attached hydrogens (tertiary/aromatic N) is 3. The lowest BCUT2D eigenvalue weighted by atomic mass is 9.71. The molecular formula is C38H43N3O9S. The predicted molar refractivity (Wildman–Crippen MR) is 187 cm³/mol. The van der Waals surface area contributed by atoms with Gasteiger partial charge in [-0.2, -0.15) is 13.7 Å². The fourth-order valence-corrected chi connectivity index (χ4v) is 9.41. The third-order valence-electron chi connectivity index (χ3n) is 10.6. The molecular weight excluding hydrogens is 674 g/mol. The first-order valence-electron chi connectivity index (χ1n) is 16.9. The molecule has 3 aromatic rings. The second-order valence-electron chi connectivity index (χ2n) is 13.4. The first kappa shape index (κ1) is 35.1. The van der Waals surface area contributed by atoms with E-state index in [0.29, 0.717) is 47.2 Å². The highest BCUT2D eigenvalue weighted by atomic mass is 32.2. The second kappa shape index (κ2) is 13.7. The fraction of sp³-hybridized carbons (Fsp3) is 0.447. The third kappa shape index (κ3) is 5.70. The number of fused-ring (bicyclic) bond motifs is 9. The Morgan fingerprint density at radius 3 is 2.43 bits per heavy atom. The van der Waals surface area contributed by atoms with Crippen LogP contribution in [0.5, 0.6) is 28.7 Å². The van der Waals surface area contributed by atoms with Crippen LogP contribution in [0.2, 0.25) is 0 Å². The molecule has 1 saturated heterocycles. The summed E-state index contributed by atoms with van der Waals surface area (Å²) in [5, 5.41) is 11.0. The Labute approximate surface area is 299 Å². The maximum atomic E-state index is 13.7. The largest absolute Gasteiger partial charge is 0.493 e. The molecule has 0 amide bonds. The molecule has 0 radical (unpaired) electrons. The molecule has 0 saturated carbocycles. The van der Waals surface area contributed by atoms with Crippen molar-refractivity contribution >= 4 is 10.1 Å². The van der Waals surface area contributed by atoms with E-state index in [1.807, 2.05) is 27.8 Å². The van der Waals surface area contributed by atoms with E-state index in [9.17, 15) is 13.7 Å². The summed E-state index contributed by atoms with van der Waals surface area (Å²) in [4.78, 5) is 4.43. The molecule has 0 unspecified atom stereocenters. The van der Waals surface area contributed by atoms with E-state index < -0.39 is 22.2 Å². The molecule has 0 spiro atoms. The van der Waals surface area contributed by atoms with Crippen molar-refractivity contribution < 1.29 is 41.0 Å². The molecule has 4 heterocycles. The van der Waals surface area contributed by atoms with Crippen LogP contribution in [0.4, 0.5) is 0 Å². The van der Waals surface area contributed by atoms with Crippen molar-refractivity contribution in [1.29, 1.82) is 5.26 Å². The molecule has 0 aromatic heterocycles. The summed E-state index contributed by atoms with van der Waals surface area (Å²) in [7, 11) is 1.05. The maximum Gasteiger partial charge on any atom is 0.297 e. The number of rotatable bonds is 11. The summed E-state index contributed by atoms with van der Waals surface area (Å²) in [6.45, 7) is 9.62. The van der Waals surface area contributed by atoms with Crippen LogP contribution in [0.15, 0.2) is 47.9 Å². The zero-order valence-corrected chi connectivity index (χ0v) is 30.5. The number of hydrogen-bond donors (Lipinski definition) is 0. The van der Waals surface area contributed by atoms with Crippen molar-refractivity contribution in [3.63, 3.8) is 0 Å². The van der Waals surface area contributed by atoms with Crippen molar-refractivity contribution in [3.8, 4) is 34.8 Å². The van der Waals surface area contributed by atoms with Gasteiger partial charge < -0.3 is 28.4 Å². The number of aryl methyl sites for hydroxylation is 2. The summed E-state index contributed by atoms with van der Waals surface area (Å²) >= 11 is 0. The minimum Gasteiger partial charge on any atom is -0.493 e. The van der Waals surface area contributed by atoms with E-state index in [1.165, 1.54) is 12.1 Å². The van der Waals surface area contributed by atoms with Crippen molar-refractivity contribution in [1.82, 2.24) is 9.80 Å². The van der Waals surface area contributed by atoms with Crippen LogP contribution in [-0.4, -0.2) is 84.4 Å².